The number of hydrogen-bond acceptors (Lipinski definition) is 5. The largest absolute Gasteiger partial charge is 0.374 e. The molecule has 0 unspecified atom stereocenters. The summed E-state index contributed by atoms with van der Waals surface area (Å²) in [6, 6.07) is 0. The van der Waals surface area contributed by atoms with Gasteiger partial charge in [0.1, 0.15) is 5.69 Å². The summed E-state index contributed by atoms with van der Waals surface area (Å²) in [4.78, 5) is 22.3. The summed E-state index contributed by atoms with van der Waals surface area (Å²) >= 11 is 0. The number of nitrogens with one attached hydrogen (secondary N) is 1. The van der Waals surface area contributed by atoms with Gasteiger partial charge in [-0.3, -0.25) is 9.59 Å². The van der Waals surface area contributed by atoms with E-state index in [0.717, 1.165) is 6.42 Å². The van der Waals surface area contributed by atoms with Gasteiger partial charge in [0, 0.05) is 12.7 Å². The number of amides is 1. The van der Waals surface area contributed by atoms with Crippen LogP contribution in [0.15, 0.2) is 18.3 Å². The zero-order valence-corrected chi connectivity index (χ0v) is 15.2. The van der Waals surface area contributed by atoms with Crippen molar-refractivity contribution < 1.29 is 14.3 Å². The molecule has 1 amide bonds. The monoisotopic (exact) mass is 336 g/mol. The number of ketones is 1. The Labute approximate surface area is 143 Å². The van der Waals surface area contributed by atoms with Crippen LogP contribution in [0.3, 0.4) is 0 Å². The number of allylic oxidation sites excluding steroid dienone is 1. The fourth-order valence-corrected chi connectivity index (χ4v) is 1.93. The third kappa shape index (κ3) is 8.57. The highest BCUT2D eigenvalue weighted by Crippen LogP contribution is 2.14. The van der Waals surface area contributed by atoms with Crippen molar-refractivity contribution in [3.63, 3.8) is 0 Å². The van der Waals surface area contributed by atoms with Crippen LogP contribution in [0.4, 0.5) is 0 Å². The lowest BCUT2D eigenvalue weighted by molar-refractivity contribution is -0.117. The van der Waals surface area contributed by atoms with E-state index in [1.54, 1.807) is 10.9 Å². The molecule has 1 rings (SSSR count). The van der Waals surface area contributed by atoms with Gasteiger partial charge in [0.15, 0.2) is 5.78 Å². The molecule has 0 fully saturated rings. The Bertz CT molecular complexity index is 576. The van der Waals surface area contributed by atoms with Crippen molar-refractivity contribution in [3.8, 4) is 0 Å². The second-order valence-electron chi connectivity index (χ2n) is 6.86. The molecule has 0 saturated heterocycles. The van der Waals surface area contributed by atoms with Gasteiger partial charge in [-0.05, 0) is 39.2 Å². The van der Waals surface area contributed by atoms with Gasteiger partial charge in [0.2, 0.25) is 5.91 Å². The second-order valence-corrected chi connectivity index (χ2v) is 6.86. The Morgan fingerprint density at radius 2 is 2.08 bits per heavy atom. The van der Waals surface area contributed by atoms with Crippen LogP contribution in [0, 0.1) is 5.92 Å². The molecule has 0 aliphatic heterocycles. The molecule has 1 heterocycles. The summed E-state index contributed by atoms with van der Waals surface area (Å²) in [6.07, 6.45) is 5.23. The molecule has 134 valence electrons. The van der Waals surface area contributed by atoms with Crippen molar-refractivity contribution in [1.29, 1.82) is 0 Å². The van der Waals surface area contributed by atoms with E-state index in [9.17, 15) is 9.59 Å². The van der Waals surface area contributed by atoms with Crippen LogP contribution >= 0.6 is 0 Å². The number of ether oxygens (including phenoxy) is 1. The van der Waals surface area contributed by atoms with Gasteiger partial charge in [0.05, 0.1) is 24.9 Å². The quantitative estimate of drug-likeness (QED) is 0.659. The molecule has 0 aliphatic rings. The first kappa shape index (κ1) is 20.0. The highest BCUT2D eigenvalue weighted by atomic mass is 16.5. The van der Waals surface area contributed by atoms with Crippen molar-refractivity contribution in [1.82, 2.24) is 20.3 Å². The van der Waals surface area contributed by atoms with Crippen LogP contribution in [0.5, 0.6) is 0 Å². The van der Waals surface area contributed by atoms with E-state index < -0.39 is 0 Å². The summed E-state index contributed by atoms with van der Waals surface area (Å²) in [5.74, 6) is 0.104. The number of hydrogen-bond donors (Lipinski definition) is 1. The summed E-state index contributed by atoms with van der Waals surface area (Å²) in [5, 5.41) is 10.7. The van der Waals surface area contributed by atoms with Crippen LogP contribution in [0.1, 0.15) is 46.7 Å². The fraction of sp³-hybridized carbons (Fsp3) is 0.647. The summed E-state index contributed by atoms with van der Waals surface area (Å²) in [7, 11) is 0. The molecule has 1 aromatic rings. The van der Waals surface area contributed by atoms with Crippen molar-refractivity contribution in [3.05, 3.63) is 24.0 Å². The van der Waals surface area contributed by atoms with Crippen LogP contribution in [-0.2, 0) is 27.4 Å². The first-order valence-electron chi connectivity index (χ1n) is 8.17. The standard InChI is InChI=1S/C17H28N4O3/c1-13(2)8-9-24-17(4,5)12-21-11-15(19-20-21)10-18-16(23)7-6-14(3)22/h6-7,11,13H,8-10,12H2,1-5H3,(H,18,23)/b7-6-. The second kappa shape index (κ2) is 9.32. The van der Waals surface area contributed by atoms with Gasteiger partial charge in [-0.2, -0.15) is 0 Å². The highest BCUT2D eigenvalue weighted by molar-refractivity contribution is 5.96. The molecule has 7 heteroatoms. The Morgan fingerprint density at radius 3 is 2.71 bits per heavy atom. The molecule has 24 heavy (non-hydrogen) atoms. The molecule has 0 bridgehead atoms. The van der Waals surface area contributed by atoms with E-state index in [-0.39, 0.29) is 23.8 Å². The molecule has 1 N–H and O–H groups in total. The van der Waals surface area contributed by atoms with Gasteiger partial charge >= 0.3 is 0 Å². The topological polar surface area (TPSA) is 86.1 Å². The minimum atomic E-state index is -0.340. The highest BCUT2D eigenvalue weighted by Gasteiger charge is 2.20. The van der Waals surface area contributed by atoms with E-state index >= 15 is 0 Å². The van der Waals surface area contributed by atoms with Crippen LogP contribution in [0.2, 0.25) is 0 Å². The lowest BCUT2D eigenvalue weighted by atomic mass is 10.1. The number of rotatable bonds is 10. The van der Waals surface area contributed by atoms with Crippen LogP contribution < -0.4 is 5.32 Å². The van der Waals surface area contributed by atoms with Gasteiger partial charge in [0.25, 0.3) is 0 Å². The third-order valence-corrected chi connectivity index (χ3v) is 3.23. The minimum absolute atomic E-state index is 0.171. The van der Waals surface area contributed by atoms with Gasteiger partial charge in [-0.15, -0.1) is 5.10 Å². The molecular weight excluding hydrogens is 308 g/mol. The molecular formula is C17H28N4O3. The van der Waals surface area contributed by atoms with E-state index in [0.29, 0.717) is 24.8 Å². The van der Waals surface area contributed by atoms with Crippen molar-refractivity contribution >= 4 is 11.7 Å². The van der Waals surface area contributed by atoms with Crippen molar-refractivity contribution in [2.45, 2.75) is 59.7 Å². The normalized spacial score (nSPS) is 12.1. The molecule has 0 saturated carbocycles. The van der Waals surface area contributed by atoms with Crippen molar-refractivity contribution in [2.24, 2.45) is 5.92 Å². The average molecular weight is 336 g/mol. The first-order valence-corrected chi connectivity index (χ1v) is 8.17. The van der Waals surface area contributed by atoms with Crippen LogP contribution in [0.25, 0.3) is 0 Å². The zero-order valence-electron chi connectivity index (χ0n) is 15.2. The van der Waals surface area contributed by atoms with E-state index in [4.69, 9.17) is 4.74 Å². The van der Waals surface area contributed by atoms with Crippen LogP contribution in [-0.4, -0.2) is 38.9 Å². The molecule has 0 radical (unpaired) electrons. The molecule has 0 spiro atoms. The Balaban J connectivity index is 2.45. The first-order chi connectivity index (χ1) is 11.2. The summed E-state index contributed by atoms with van der Waals surface area (Å²) < 4.78 is 7.62. The number of aromatic nitrogens is 3. The molecule has 1 aromatic heterocycles. The Morgan fingerprint density at radius 1 is 1.38 bits per heavy atom. The molecule has 0 aliphatic carbocycles. The third-order valence-electron chi connectivity index (χ3n) is 3.23. The number of carbonyl (C=O) groups is 2. The number of carbonyl (C=O) groups excluding carboxylic acids is 2. The zero-order chi connectivity index (χ0) is 18.2. The Hall–Kier alpha value is -2.02. The summed E-state index contributed by atoms with van der Waals surface area (Å²) in [5.41, 5.74) is 0.311. The van der Waals surface area contributed by atoms with Crippen molar-refractivity contribution in [2.75, 3.05) is 6.61 Å². The molecule has 0 aromatic carbocycles. The maximum absolute atomic E-state index is 11.5. The number of nitrogens with zero attached hydrogens (tertiary/aromatic N) is 3. The van der Waals surface area contributed by atoms with Gasteiger partial charge in [-0.25, -0.2) is 4.68 Å². The fourth-order valence-electron chi connectivity index (χ4n) is 1.93. The lowest BCUT2D eigenvalue weighted by Crippen LogP contribution is -2.31. The predicted molar refractivity (Wildman–Crippen MR) is 91.2 cm³/mol. The molecule has 7 nitrogen and oxygen atoms in total. The maximum Gasteiger partial charge on any atom is 0.244 e. The predicted octanol–water partition coefficient (Wildman–Crippen LogP) is 1.88. The lowest BCUT2D eigenvalue weighted by Gasteiger charge is -2.25. The van der Waals surface area contributed by atoms with E-state index in [1.165, 1.54) is 19.1 Å². The minimum Gasteiger partial charge on any atom is -0.374 e. The van der Waals surface area contributed by atoms with Gasteiger partial charge in [-0.1, -0.05) is 19.1 Å². The summed E-state index contributed by atoms with van der Waals surface area (Å²) in [6.45, 7) is 11.3. The van der Waals surface area contributed by atoms with Gasteiger partial charge < -0.3 is 10.1 Å². The maximum atomic E-state index is 11.5. The molecule has 0 atom stereocenters. The Kier molecular flexibility index (Phi) is 7.78. The SMILES string of the molecule is CC(=O)/C=C\C(=O)NCc1cn(CC(C)(C)OCCC(C)C)nn1. The average Bonchev–Trinajstić information content (AvgIpc) is 2.88. The van der Waals surface area contributed by atoms with E-state index in [1.807, 2.05) is 13.8 Å². The smallest absolute Gasteiger partial charge is 0.244 e. The van der Waals surface area contributed by atoms with E-state index in [2.05, 4.69) is 29.5 Å².